The van der Waals surface area contributed by atoms with Crippen molar-refractivity contribution in [2.75, 3.05) is 23.9 Å². The van der Waals surface area contributed by atoms with Gasteiger partial charge in [-0.25, -0.2) is 14.4 Å². The molecule has 4 aromatic rings. The number of methoxy groups -OCH3 is 1. The molecule has 1 N–H and O–H groups in total. The first-order valence-electron chi connectivity index (χ1n) is 14.4. The SMILES string of the molecule is CCOC(=O)c1ccc(NC(=O)CC2SC(=NN=Cc3ccc(OC)cc3)N(c3c(C)n(C)n(-c4ccccc4)c3=O)C2=O)cc1. The highest BCUT2D eigenvalue weighted by atomic mass is 32.2. The summed E-state index contributed by atoms with van der Waals surface area (Å²) >= 11 is 1.06. The van der Waals surface area contributed by atoms with E-state index in [4.69, 9.17) is 9.47 Å². The molecule has 2 heterocycles. The van der Waals surface area contributed by atoms with Crippen molar-refractivity contribution >= 4 is 52.3 Å². The number of thioether (sulfide) groups is 1. The highest BCUT2D eigenvalue weighted by Gasteiger charge is 2.43. The monoisotopic (exact) mass is 640 g/mol. The van der Waals surface area contributed by atoms with Gasteiger partial charge in [0, 0.05) is 19.2 Å². The molecule has 13 heteroatoms. The summed E-state index contributed by atoms with van der Waals surface area (Å²) in [5.74, 6) is -0.666. The zero-order chi connectivity index (χ0) is 32.8. The summed E-state index contributed by atoms with van der Waals surface area (Å²) in [6.45, 7) is 3.71. The van der Waals surface area contributed by atoms with Crippen LogP contribution in [0.15, 0.2) is 93.9 Å². The first kappa shape index (κ1) is 32.0. The Hall–Kier alpha value is -5.43. The lowest BCUT2D eigenvalue weighted by atomic mass is 10.2. The third kappa shape index (κ3) is 6.79. The van der Waals surface area contributed by atoms with Crippen molar-refractivity contribution in [3.8, 4) is 11.4 Å². The predicted octanol–water partition coefficient (Wildman–Crippen LogP) is 4.54. The first-order valence-corrected chi connectivity index (χ1v) is 15.3. The highest BCUT2D eigenvalue weighted by molar-refractivity contribution is 8.16. The van der Waals surface area contributed by atoms with E-state index in [9.17, 15) is 19.2 Å². The Balaban J connectivity index is 1.43. The third-order valence-electron chi connectivity index (χ3n) is 7.20. The Kier molecular flexibility index (Phi) is 9.82. The summed E-state index contributed by atoms with van der Waals surface area (Å²) in [7, 11) is 3.31. The number of hydrogen-bond acceptors (Lipinski definition) is 9. The van der Waals surface area contributed by atoms with Gasteiger partial charge in [-0.15, -0.1) is 5.10 Å². The fourth-order valence-electron chi connectivity index (χ4n) is 4.80. The Bertz CT molecular complexity index is 1860. The number of nitrogens with zero attached hydrogens (tertiary/aromatic N) is 5. The zero-order valence-electron chi connectivity index (χ0n) is 25.7. The summed E-state index contributed by atoms with van der Waals surface area (Å²) in [6.07, 6.45) is 1.33. The second-order valence-corrected chi connectivity index (χ2v) is 11.3. The van der Waals surface area contributed by atoms with Gasteiger partial charge in [0.15, 0.2) is 5.17 Å². The minimum atomic E-state index is -0.877. The van der Waals surface area contributed by atoms with Crippen molar-refractivity contribution in [2.24, 2.45) is 17.3 Å². The van der Waals surface area contributed by atoms with Crippen LogP contribution < -0.4 is 20.5 Å². The van der Waals surface area contributed by atoms with Crippen molar-refractivity contribution < 1.29 is 23.9 Å². The van der Waals surface area contributed by atoms with E-state index < -0.39 is 28.6 Å². The summed E-state index contributed by atoms with van der Waals surface area (Å²) < 4.78 is 13.3. The van der Waals surface area contributed by atoms with Crippen molar-refractivity contribution in [3.05, 3.63) is 106 Å². The second kappa shape index (κ2) is 14.1. The van der Waals surface area contributed by atoms with Gasteiger partial charge >= 0.3 is 5.97 Å². The number of benzene rings is 3. The number of nitrogens with one attached hydrogen (secondary N) is 1. The van der Waals surface area contributed by atoms with Crippen LogP contribution in [0.2, 0.25) is 0 Å². The zero-order valence-corrected chi connectivity index (χ0v) is 26.5. The molecule has 0 spiro atoms. The molecular weight excluding hydrogens is 608 g/mol. The molecule has 0 aliphatic carbocycles. The number of esters is 1. The quantitative estimate of drug-likeness (QED) is 0.153. The molecule has 1 fully saturated rings. The maximum Gasteiger partial charge on any atom is 0.338 e. The van der Waals surface area contributed by atoms with Crippen LogP contribution in [0.4, 0.5) is 11.4 Å². The summed E-state index contributed by atoms with van der Waals surface area (Å²) in [5.41, 5.74) is 2.42. The van der Waals surface area contributed by atoms with E-state index in [1.54, 1.807) is 93.4 Å². The number of ether oxygens (including phenoxy) is 2. The Morgan fingerprint density at radius 3 is 2.35 bits per heavy atom. The average Bonchev–Trinajstić information content (AvgIpc) is 3.47. The van der Waals surface area contributed by atoms with Gasteiger partial charge in [-0.3, -0.25) is 19.1 Å². The van der Waals surface area contributed by atoms with Gasteiger partial charge in [-0.05, 0) is 80.1 Å². The average molecular weight is 641 g/mol. The van der Waals surface area contributed by atoms with Gasteiger partial charge in [0.05, 0.1) is 36.9 Å². The fourth-order valence-corrected chi connectivity index (χ4v) is 5.88. The van der Waals surface area contributed by atoms with E-state index in [1.165, 1.54) is 15.8 Å². The fraction of sp³-hybridized carbons (Fsp3) is 0.212. The first-order chi connectivity index (χ1) is 22.2. The van der Waals surface area contributed by atoms with Crippen molar-refractivity contribution in [3.63, 3.8) is 0 Å². The van der Waals surface area contributed by atoms with Crippen LogP contribution in [-0.4, -0.2) is 57.5 Å². The minimum absolute atomic E-state index is 0.125. The lowest BCUT2D eigenvalue weighted by Crippen LogP contribution is -2.37. The van der Waals surface area contributed by atoms with Crippen LogP contribution >= 0.6 is 11.8 Å². The Morgan fingerprint density at radius 1 is 1.00 bits per heavy atom. The van der Waals surface area contributed by atoms with E-state index >= 15 is 0 Å². The van der Waals surface area contributed by atoms with Gasteiger partial charge in [-0.1, -0.05) is 30.0 Å². The topological polar surface area (TPSA) is 137 Å². The molecule has 1 atom stereocenters. The number of rotatable bonds is 10. The number of carbonyl (C=O) groups is 3. The Labute approximate surface area is 269 Å². The number of anilines is 2. The van der Waals surface area contributed by atoms with E-state index in [0.717, 1.165) is 17.3 Å². The van der Waals surface area contributed by atoms with E-state index in [-0.39, 0.29) is 23.9 Å². The van der Waals surface area contributed by atoms with Gasteiger partial charge in [0.25, 0.3) is 5.56 Å². The smallest absolute Gasteiger partial charge is 0.338 e. The molecule has 3 aromatic carbocycles. The maximum absolute atomic E-state index is 13.9. The molecule has 12 nitrogen and oxygen atoms in total. The molecule has 2 amide bonds. The van der Waals surface area contributed by atoms with Gasteiger partial charge in [-0.2, -0.15) is 5.10 Å². The van der Waals surface area contributed by atoms with Crippen molar-refractivity contribution in [2.45, 2.75) is 25.5 Å². The van der Waals surface area contributed by atoms with Crippen molar-refractivity contribution in [1.29, 1.82) is 0 Å². The number of carbonyl (C=O) groups excluding carboxylic acids is 3. The van der Waals surface area contributed by atoms with Crippen LogP contribution in [0.3, 0.4) is 0 Å². The molecular formula is C33H32N6O6S. The molecule has 46 heavy (non-hydrogen) atoms. The normalized spacial score (nSPS) is 15.5. The third-order valence-corrected chi connectivity index (χ3v) is 8.33. The highest BCUT2D eigenvalue weighted by Crippen LogP contribution is 2.34. The van der Waals surface area contributed by atoms with E-state index in [1.807, 2.05) is 18.2 Å². The maximum atomic E-state index is 13.9. The lowest BCUT2D eigenvalue weighted by molar-refractivity contribution is -0.121. The van der Waals surface area contributed by atoms with Gasteiger partial charge < -0.3 is 14.8 Å². The minimum Gasteiger partial charge on any atom is -0.497 e. The second-order valence-electron chi connectivity index (χ2n) is 10.1. The Morgan fingerprint density at radius 2 is 1.70 bits per heavy atom. The standard InChI is InChI=1S/C33H32N6O6S/c1-5-45-32(43)23-13-15-24(16-14-23)35-28(40)19-27-30(41)38(33(46-27)36-34-20-22-11-17-26(44-4)18-12-22)29-21(2)37(3)39(31(29)42)25-9-7-6-8-10-25/h6-18,20,27H,5,19H2,1-4H3,(H,35,40). The molecule has 236 valence electrons. The number of para-hydroxylation sites is 1. The van der Waals surface area contributed by atoms with Crippen LogP contribution in [0.25, 0.3) is 5.69 Å². The van der Waals surface area contributed by atoms with E-state index in [2.05, 4.69) is 15.5 Å². The summed E-state index contributed by atoms with van der Waals surface area (Å²) in [4.78, 5) is 54.0. The van der Waals surface area contributed by atoms with Crippen LogP contribution in [0, 0.1) is 6.92 Å². The molecule has 0 bridgehead atoms. The summed E-state index contributed by atoms with van der Waals surface area (Å²) in [5, 5.41) is 10.6. The molecule has 0 radical (unpaired) electrons. The predicted molar refractivity (Wildman–Crippen MR) is 178 cm³/mol. The van der Waals surface area contributed by atoms with Crippen molar-refractivity contribution in [1.82, 2.24) is 9.36 Å². The van der Waals surface area contributed by atoms with Crippen LogP contribution in [0.5, 0.6) is 5.75 Å². The molecule has 0 saturated carbocycles. The molecule has 1 aromatic heterocycles. The van der Waals surface area contributed by atoms with E-state index in [0.29, 0.717) is 28.4 Å². The molecule has 1 aliphatic rings. The number of amides is 2. The largest absolute Gasteiger partial charge is 0.497 e. The number of amidine groups is 1. The molecule has 5 rings (SSSR count). The number of hydrogen-bond donors (Lipinski definition) is 1. The molecule has 1 aliphatic heterocycles. The van der Waals surface area contributed by atoms with Gasteiger partial charge in [0.1, 0.15) is 16.7 Å². The summed E-state index contributed by atoms with van der Waals surface area (Å²) in [6, 6.07) is 22.5. The molecule has 1 saturated heterocycles. The molecule has 1 unspecified atom stereocenters. The van der Waals surface area contributed by atoms with Crippen LogP contribution in [0.1, 0.15) is 35.0 Å². The van der Waals surface area contributed by atoms with Gasteiger partial charge in [0.2, 0.25) is 11.8 Å². The van der Waals surface area contributed by atoms with Crippen LogP contribution in [-0.2, 0) is 21.4 Å². The number of aromatic nitrogens is 2. The lowest BCUT2D eigenvalue weighted by Gasteiger charge is -2.14.